The van der Waals surface area contributed by atoms with Gasteiger partial charge in [0, 0.05) is 50.0 Å². The van der Waals surface area contributed by atoms with Crippen molar-refractivity contribution < 1.29 is 9.47 Å². The van der Waals surface area contributed by atoms with E-state index < -0.39 is 0 Å². The molecule has 2 aliphatic rings. The van der Waals surface area contributed by atoms with Crippen LogP contribution in [0.15, 0.2) is 10.4 Å². The molecule has 3 rings (SSSR count). The van der Waals surface area contributed by atoms with Gasteiger partial charge in [0.25, 0.3) is 0 Å². The molecule has 1 N–H and O–H groups in total. The van der Waals surface area contributed by atoms with Gasteiger partial charge in [0.15, 0.2) is 5.96 Å². The van der Waals surface area contributed by atoms with Crippen LogP contribution >= 0.6 is 35.3 Å². The maximum absolute atomic E-state index is 6.10. The summed E-state index contributed by atoms with van der Waals surface area (Å²) in [5.74, 6) is 1.03. The minimum Gasteiger partial charge on any atom is -0.376 e. The average Bonchev–Trinajstić information content (AvgIpc) is 3.38. The number of thiazole rings is 1. The molecular weight excluding hydrogens is 511 g/mol. The first-order valence-corrected chi connectivity index (χ1v) is 12.0. The van der Waals surface area contributed by atoms with E-state index in [0.717, 1.165) is 71.0 Å². The van der Waals surface area contributed by atoms with Crippen LogP contribution in [-0.2, 0) is 21.3 Å². The van der Waals surface area contributed by atoms with E-state index in [2.05, 4.69) is 43.3 Å². The van der Waals surface area contributed by atoms with Gasteiger partial charge in [-0.2, -0.15) is 0 Å². The van der Waals surface area contributed by atoms with Crippen LogP contribution in [0, 0.1) is 0 Å². The molecule has 2 aliphatic heterocycles. The fourth-order valence-electron chi connectivity index (χ4n) is 3.71. The zero-order valence-corrected chi connectivity index (χ0v) is 22.1. The van der Waals surface area contributed by atoms with E-state index in [0.29, 0.717) is 12.2 Å². The lowest BCUT2D eigenvalue weighted by Crippen LogP contribution is -2.47. The molecule has 1 atom stereocenters. The molecule has 2 fully saturated rings. The molecule has 8 heteroatoms. The van der Waals surface area contributed by atoms with Gasteiger partial charge in [0.05, 0.1) is 29.5 Å². The number of rotatable bonds is 7. The Bertz CT molecular complexity index is 648. The third kappa shape index (κ3) is 7.91. The first-order chi connectivity index (χ1) is 14.0. The summed E-state index contributed by atoms with van der Waals surface area (Å²) in [4.78, 5) is 12.0. The maximum atomic E-state index is 6.10. The number of hydrogen-bond acceptors (Lipinski definition) is 5. The van der Waals surface area contributed by atoms with Crippen molar-refractivity contribution in [2.45, 2.75) is 77.4 Å². The second-order valence-electron chi connectivity index (χ2n) is 9.02. The molecule has 30 heavy (non-hydrogen) atoms. The molecule has 0 bridgehead atoms. The lowest BCUT2D eigenvalue weighted by molar-refractivity contribution is -0.0367. The van der Waals surface area contributed by atoms with Gasteiger partial charge < -0.3 is 19.7 Å². The second-order valence-corrected chi connectivity index (χ2v) is 9.96. The highest BCUT2D eigenvalue weighted by atomic mass is 127. The lowest BCUT2D eigenvalue weighted by Gasteiger charge is -2.34. The van der Waals surface area contributed by atoms with Gasteiger partial charge >= 0.3 is 0 Å². The number of aliphatic imine (C=N–C) groups is 1. The predicted molar refractivity (Wildman–Crippen MR) is 135 cm³/mol. The summed E-state index contributed by atoms with van der Waals surface area (Å²) in [6, 6.07) is 0. The fourth-order valence-corrected chi connectivity index (χ4v) is 4.72. The molecule has 1 aromatic rings. The molecule has 172 valence electrons. The van der Waals surface area contributed by atoms with Crippen LogP contribution in [0.25, 0.3) is 0 Å². The Labute approximate surface area is 203 Å². The van der Waals surface area contributed by atoms with Crippen LogP contribution in [0.5, 0.6) is 0 Å². The molecule has 0 spiro atoms. The molecule has 0 aliphatic carbocycles. The van der Waals surface area contributed by atoms with E-state index in [-0.39, 0.29) is 29.4 Å². The summed E-state index contributed by atoms with van der Waals surface area (Å²) in [5.41, 5.74) is 1.29. The molecule has 0 radical (unpaired) electrons. The summed E-state index contributed by atoms with van der Waals surface area (Å²) >= 11 is 1.75. The van der Waals surface area contributed by atoms with Crippen molar-refractivity contribution in [1.82, 2.24) is 15.2 Å². The van der Waals surface area contributed by atoms with Crippen LogP contribution in [0.1, 0.15) is 64.1 Å². The van der Waals surface area contributed by atoms with Gasteiger partial charge in [-0.05, 0) is 32.6 Å². The van der Waals surface area contributed by atoms with Crippen LogP contribution in [0.4, 0.5) is 0 Å². The standard InChI is InChI=1S/C22H38N4O2S.HI/c1-5-23-21(24-11-8-20-25-19(16-29-20)22(2,3)4)26-12-9-17(10-13-26)28-15-18-7-6-14-27-18;/h16-18H,5-15H2,1-4H3,(H,23,24);1H. The number of halogens is 1. The molecule has 3 heterocycles. The van der Waals surface area contributed by atoms with Crippen molar-refractivity contribution in [3.05, 3.63) is 16.1 Å². The summed E-state index contributed by atoms with van der Waals surface area (Å²) in [6.45, 7) is 14.1. The normalized spacial score (nSPS) is 21.0. The molecule has 0 amide bonds. The Morgan fingerprint density at radius 2 is 2.10 bits per heavy atom. The summed E-state index contributed by atoms with van der Waals surface area (Å²) in [7, 11) is 0. The van der Waals surface area contributed by atoms with Crippen molar-refractivity contribution >= 4 is 41.3 Å². The second kappa shape index (κ2) is 12.6. The lowest BCUT2D eigenvalue weighted by atomic mass is 9.93. The molecular formula is C22H39IN4O2S. The van der Waals surface area contributed by atoms with Gasteiger partial charge in [0.1, 0.15) is 0 Å². The van der Waals surface area contributed by atoms with Crippen molar-refractivity contribution in [3.8, 4) is 0 Å². The van der Waals surface area contributed by atoms with Crippen LogP contribution < -0.4 is 5.32 Å². The highest BCUT2D eigenvalue weighted by molar-refractivity contribution is 14.0. The number of likely N-dealkylation sites (tertiary alicyclic amines) is 1. The van der Waals surface area contributed by atoms with Crippen LogP contribution in [0.2, 0.25) is 0 Å². The Morgan fingerprint density at radius 3 is 2.70 bits per heavy atom. The van der Waals surface area contributed by atoms with Gasteiger partial charge in [0.2, 0.25) is 0 Å². The molecule has 2 saturated heterocycles. The van der Waals surface area contributed by atoms with Crippen molar-refractivity contribution in [3.63, 3.8) is 0 Å². The monoisotopic (exact) mass is 550 g/mol. The van der Waals surface area contributed by atoms with Gasteiger partial charge in [-0.3, -0.25) is 4.99 Å². The van der Waals surface area contributed by atoms with Gasteiger partial charge in [-0.1, -0.05) is 20.8 Å². The quantitative estimate of drug-likeness (QED) is 0.313. The topological polar surface area (TPSA) is 59.0 Å². The highest BCUT2D eigenvalue weighted by Gasteiger charge is 2.24. The van der Waals surface area contributed by atoms with Gasteiger partial charge in [-0.15, -0.1) is 35.3 Å². The van der Waals surface area contributed by atoms with E-state index in [9.17, 15) is 0 Å². The minimum atomic E-state index is 0. The zero-order chi connectivity index (χ0) is 20.7. The largest absolute Gasteiger partial charge is 0.376 e. The smallest absolute Gasteiger partial charge is 0.193 e. The first kappa shape index (κ1) is 25.8. The zero-order valence-electron chi connectivity index (χ0n) is 19.0. The van der Waals surface area contributed by atoms with E-state index in [4.69, 9.17) is 19.5 Å². The molecule has 1 aromatic heterocycles. The van der Waals surface area contributed by atoms with Crippen LogP contribution in [0.3, 0.4) is 0 Å². The number of aromatic nitrogens is 1. The summed E-state index contributed by atoms with van der Waals surface area (Å²) < 4.78 is 11.8. The molecule has 1 unspecified atom stereocenters. The molecule has 0 saturated carbocycles. The van der Waals surface area contributed by atoms with Gasteiger partial charge in [-0.25, -0.2) is 4.98 Å². The summed E-state index contributed by atoms with van der Waals surface area (Å²) in [6.07, 6.45) is 5.99. The Morgan fingerprint density at radius 1 is 1.33 bits per heavy atom. The average molecular weight is 551 g/mol. The number of piperidine rings is 1. The van der Waals surface area contributed by atoms with E-state index in [1.807, 2.05) is 0 Å². The third-order valence-electron chi connectivity index (χ3n) is 5.53. The number of nitrogens with one attached hydrogen (secondary N) is 1. The number of ether oxygens (including phenoxy) is 2. The Kier molecular flexibility index (Phi) is 10.8. The highest BCUT2D eigenvalue weighted by Crippen LogP contribution is 2.24. The third-order valence-corrected chi connectivity index (χ3v) is 6.43. The Hall–Kier alpha value is -0.450. The SMILES string of the molecule is CCNC(=NCCc1nc(C(C)(C)C)cs1)N1CCC(OCC2CCCO2)CC1.I. The number of guanidine groups is 1. The predicted octanol–water partition coefficient (Wildman–Crippen LogP) is 4.23. The number of nitrogens with zero attached hydrogens (tertiary/aromatic N) is 3. The minimum absolute atomic E-state index is 0. The van der Waals surface area contributed by atoms with E-state index in [1.54, 1.807) is 11.3 Å². The Balaban J connectivity index is 0.00000320. The molecule has 0 aromatic carbocycles. The van der Waals surface area contributed by atoms with Crippen molar-refractivity contribution in [1.29, 1.82) is 0 Å². The maximum Gasteiger partial charge on any atom is 0.193 e. The number of hydrogen-bond donors (Lipinski definition) is 1. The van der Waals surface area contributed by atoms with Crippen molar-refractivity contribution in [2.24, 2.45) is 4.99 Å². The van der Waals surface area contributed by atoms with E-state index >= 15 is 0 Å². The van der Waals surface area contributed by atoms with Crippen LogP contribution in [-0.4, -0.2) is 67.4 Å². The van der Waals surface area contributed by atoms with Crippen molar-refractivity contribution in [2.75, 3.05) is 39.4 Å². The summed E-state index contributed by atoms with van der Waals surface area (Å²) in [5, 5.41) is 6.82. The first-order valence-electron chi connectivity index (χ1n) is 11.2. The molecule has 6 nitrogen and oxygen atoms in total. The van der Waals surface area contributed by atoms with E-state index in [1.165, 1.54) is 17.1 Å². The fraction of sp³-hybridized carbons (Fsp3) is 0.818.